The van der Waals surface area contributed by atoms with Crippen molar-refractivity contribution < 1.29 is 24.0 Å². The Balaban J connectivity index is 1.34. The number of benzene rings is 3. The molecule has 1 saturated carbocycles. The lowest BCUT2D eigenvalue weighted by atomic mass is 9.77. The van der Waals surface area contributed by atoms with Crippen molar-refractivity contribution in [2.24, 2.45) is 11.0 Å². The molecular weight excluding hydrogens is 569 g/mol. The number of para-hydroxylation sites is 2. The highest BCUT2D eigenvalue weighted by Gasteiger charge is 2.43. The van der Waals surface area contributed by atoms with E-state index in [4.69, 9.17) is 37.8 Å². The standard InChI is InChI=1S/C30H25Cl2N3O6/c31-22-13-11-20(12-14-22)30-24-8-4-6-21(15-19-5-3-7-23(32)16-19)29(24)33-34(30)27(36)17-41-28(37)18-40-26-10-2-1-9-25(26)35(38)39/h1-3,5,7,9-16,24,30H,4,6,8,17-18H2. The largest absolute Gasteiger partial charge is 0.475 e. The smallest absolute Gasteiger partial charge is 0.344 e. The summed E-state index contributed by atoms with van der Waals surface area (Å²) in [6.07, 6.45) is 4.59. The van der Waals surface area contributed by atoms with E-state index in [1.165, 1.54) is 23.2 Å². The lowest BCUT2D eigenvalue weighted by Crippen LogP contribution is -2.35. The third kappa shape index (κ3) is 6.58. The van der Waals surface area contributed by atoms with Crippen LogP contribution in [-0.4, -0.2) is 40.7 Å². The number of nitro groups is 1. The van der Waals surface area contributed by atoms with E-state index in [9.17, 15) is 19.7 Å². The first-order valence-electron chi connectivity index (χ1n) is 12.9. The lowest BCUT2D eigenvalue weighted by Gasteiger charge is -2.29. The SMILES string of the molecule is O=C(COc1ccccc1[N+](=O)[O-])OCC(=O)N1N=C2C(=Cc3cccc(Cl)c3)CCCC2C1c1ccc(Cl)cc1. The monoisotopic (exact) mass is 593 g/mol. The second-order valence-corrected chi connectivity index (χ2v) is 10.5. The molecule has 0 N–H and O–H groups in total. The number of hydrogen-bond donors (Lipinski definition) is 0. The van der Waals surface area contributed by atoms with E-state index >= 15 is 0 Å². The van der Waals surface area contributed by atoms with Gasteiger partial charge in [0.25, 0.3) is 5.91 Å². The number of esters is 1. The van der Waals surface area contributed by atoms with E-state index in [0.717, 1.165) is 41.7 Å². The molecule has 0 radical (unpaired) electrons. The summed E-state index contributed by atoms with van der Waals surface area (Å²) in [5, 5.41) is 18.5. The first kappa shape index (κ1) is 28.3. The first-order valence-corrected chi connectivity index (χ1v) is 13.7. The van der Waals surface area contributed by atoms with Crippen molar-refractivity contribution in [3.8, 4) is 5.75 Å². The maximum Gasteiger partial charge on any atom is 0.344 e. The number of allylic oxidation sites excluding steroid dienone is 1. The van der Waals surface area contributed by atoms with Gasteiger partial charge in [-0.3, -0.25) is 14.9 Å². The molecule has 5 rings (SSSR count). The first-order chi connectivity index (χ1) is 19.8. The summed E-state index contributed by atoms with van der Waals surface area (Å²) in [5.41, 5.74) is 3.36. The van der Waals surface area contributed by atoms with Crippen LogP contribution in [0, 0.1) is 16.0 Å². The van der Waals surface area contributed by atoms with Crippen LogP contribution in [0.5, 0.6) is 5.75 Å². The van der Waals surface area contributed by atoms with Crippen molar-refractivity contribution >= 4 is 52.6 Å². The van der Waals surface area contributed by atoms with Gasteiger partial charge >= 0.3 is 11.7 Å². The van der Waals surface area contributed by atoms with Crippen LogP contribution in [0.1, 0.15) is 36.4 Å². The molecule has 1 aliphatic heterocycles. The van der Waals surface area contributed by atoms with E-state index in [-0.39, 0.29) is 17.4 Å². The van der Waals surface area contributed by atoms with E-state index in [2.05, 4.69) is 0 Å². The van der Waals surface area contributed by atoms with Crippen molar-refractivity contribution in [3.05, 3.63) is 110 Å². The number of ether oxygens (including phenoxy) is 2. The summed E-state index contributed by atoms with van der Waals surface area (Å²) in [7, 11) is 0. The molecule has 9 nitrogen and oxygen atoms in total. The number of nitrogens with zero attached hydrogens (tertiary/aromatic N) is 3. The molecule has 11 heteroatoms. The molecule has 2 unspecified atom stereocenters. The van der Waals surface area contributed by atoms with Crippen LogP contribution in [0.2, 0.25) is 10.0 Å². The van der Waals surface area contributed by atoms with Gasteiger partial charge in [0.2, 0.25) is 0 Å². The molecule has 210 valence electrons. The summed E-state index contributed by atoms with van der Waals surface area (Å²) in [4.78, 5) is 36.4. The molecule has 2 atom stereocenters. The molecule has 3 aromatic rings. The summed E-state index contributed by atoms with van der Waals surface area (Å²) < 4.78 is 10.5. The van der Waals surface area contributed by atoms with Crippen LogP contribution in [0.4, 0.5) is 5.69 Å². The topological polar surface area (TPSA) is 111 Å². The third-order valence-electron chi connectivity index (χ3n) is 6.92. The minimum absolute atomic E-state index is 0.0584. The normalized spacial score (nSPS) is 18.9. The van der Waals surface area contributed by atoms with Gasteiger partial charge in [-0.15, -0.1) is 0 Å². The van der Waals surface area contributed by atoms with Crippen LogP contribution in [-0.2, 0) is 14.3 Å². The van der Waals surface area contributed by atoms with Gasteiger partial charge in [-0.2, -0.15) is 5.10 Å². The Kier molecular flexibility index (Phi) is 8.66. The van der Waals surface area contributed by atoms with Crippen LogP contribution < -0.4 is 4.74 Å². The van der Waals surface area contributed by atoms with Crippen LogP contribution >= 0.6 is 23.2 Å². The van der Waals surface area contributed by atoms with Gasteiger partial charge in [0.05, 0.1) is 16.7 Å². The average molecular weight is 594 g/mol. The van der Waals surface area contributed by atoms with Gasteiger partial charge in [0.1, 0.15) is 0 Å². The Morgan fingerprint density at radius 2 is 1.80 bits per heavy atom. The number of carbonyl (C=O) groups is 2. The number of fused-ring (bicyclic) bond motifs is 1. The van der Waals surface area contributed by atoms with Gasteiger partial charge < -0.3 is 9.47 Å². The Morgan fingerprint density at radius 3 is 2.56 bits per heavy atom. The fourth-order valence-corrected chi connectivity index (χ4v) is 5.44. The van der Waals surface area contributed by atoms with Gasteiger partial charge in [-0.05, 0) is 72.4 Å². The zero-order valence-electron chi connectivity index (χ0n) is 21.7. The van der Waals surface area contributed by atoms with Gasteiger partial charge in [0, 0.05) is 22.0 Å². The quantitative estimate of drug-likeness (QED) is 0.164. The van der Waals surface area contributed by atoms with Crippen molar-refractivity contribution in [3.63, 3.8) is 0 Å². The molecule has 1 aliphatic carbocycles. The minimum atomic E-state index is -0.842. The molecule has 1 fully saturated rings. The van der Waals surface area contributed by atoms with Crippen LogP contribution in [0.3, 0.4) is 0 Å². The summed E-state index contributed by atoms with van der Waals surface area (Å²) in [6, 6.07) is 20.1. The molecule has 1 heterocycles. The Morgan fingerprint density at radius 1 is 1.02 bits per heavy atom. The second kappa shape index (κ2) is 12.5. The highest BCUT2D eigenvalue weighted by Crippen LogP contribution is 2.44. The second-order valence-electron chi connectivity index (χ2n) is 9.62. The predicted molar refractivity (Wildman–Crippen MR) is 155 cm³/mol. The number of nitro benzene ring substituents is 1. The Bertz CT molecular complexity index is 1540. The average Bonchev–Trinajstić information content (AvgIpc) is 3.36. The third-order valence-corrected chi connectivity index (χ3v) is 7.41. The predicted octanol–water partition coefficient (Wildman–Crippen LogP) is 6.65. The summed E-state index contributed by atoms with van der Waals surface area (Å²) in [6.45, 7) is -1.16. The summed E-state index contributed by atoms with van der Waals surface area (Å²) >= 11 is 12.3. The maximum atomic E-state index is 13.4. The van der Waals surface area contributed by atoms with E-state index < -0.39 is 36.1 Å². The van der Waals surface area contributed by atoms with Crippen molar-refractivity contribution in [1.29, 1.82) is 0 Å². The molecule has 0 aromatic heterocycles. The van der Waals surface area contributed by atoms with Gasteiger partial charge in [0.15, 0.2) is 19.0 Å². The number of carbonyl (C=O) groups excluding carboxylic acids is 2. The van der Waals surface area contributed by atoms with Crippen LogP contribution in [0.15, 0.2) is 83.5 Å². The molecule has 3 aromatic carbocycles. The van der Waals surface area contributed by atoms with Crippen molar-refractivity contribution in [2.75, 3.05) is 13.2 Å². The fourth-order valence-electron chi connectivity index (χ4n) is 5.11. The van der Waals surface area contributed by atoms with E-state index in [1.807, 2.05) is 42.5 Å². The van der Waals surface area contributed by atoms with E-state index in [1.54, 1.807) is 18.2 Å². The number of hydrogen-bond acceptors (Lipinski definition) is 7. The zero-order chi connectivity index (χ0) is 28.9. The minimum Gasteiger partial charge on any atom is -0.475 e. The Hall–Kier alpha value is -4.21. The van der Waals surface area contributed by atoms with Gasteiger partial charge in [-0.1, -0.05) is 59.6 Å². The molecule has 1 amide bonds. The Labute approximate surface area is 246 Å². The lowest BCUT2D eigenvalue weighted by molar-refractivity contribution is -0.385. The fraction of sp³-hybridized carbons (Fsp3) is 0.233. The van der Waals surface area contributed by atoms with Gasteiger partial charge in [-0.25, -0.2) is 9.80 Å². The highest BCUT2D eigenvalue weighted by atomic mass is 35.5. The van der Waals surface area contributed by atoms with Crippen molar-refractivity contribution in [1.82, 2.24) is 5.01 Å². The van der Waals surface area contributed by atoms with Crippen LogP contribution in [0.25, 0.3) is 6.08 Å². The molecule has 2 aliphatic rings. The molecule has 0 saturated heterocycles. The number of hydrazone groups is 1. The number of halogens is 2. The zero-order valence-corrected chi connectivity index (χ0v) is 23.3. The maximum absolute atomic E-state index is 13.4. The number of amides is 1. The molecular formula is C30H25Cl2N3O6. The molecule has 0 spiro atoms. The number of rotatable bonds is 8. The van der Waals surface area contributed by atoms with Crippen molar-refractivity contribution in [2.45, 2.75) is 25.3 Å². The molecule has 0 bridgehead atoms. The summed E-state index contributed by atoms with van der Waals surface area (Å²) in [5.74, 6) is -1.48. The van der Waals surface area contributed by atoms with E-state index in [0.29, 0.717) is 10.0 Å². The highest BCUT2D eigenvalue weighted by molar-refractivity contribution is 6.31. The molecule has 41 heavy (non-hydrogen) atoms.